The molecular formula is C36H70O6. The molecule has 0 aliphatic rings. The number of carbonyl (C=O) groups is 2. The topological polar surface area (TPSA) is 93.1 Å². The predicted octanol–water partition coefficient (Wildman–Crippen LogP) is 9.47. The molecule has 4 unspecified atom stereocenters. The van der Waals surface area contributed by atoms with Crippen molar-refractivity contribution < 1.29 is 29.3 Å². The third-order valence-corrected chi connectivity index (χ3v) is 8.57. The molecule has 0 radical (unpaired) electrons. The van der Waals surface area contributed by atoms with Gasteiger partial charge in [-0.3, -0.25) is 0 Å². The molecule has 0 rings (SSSR count). The molecule has 0 aromatic heterocycles. The molecule has 2 N–H and O–H groups in total. The number of aliphatic hydroxyl groups excluding tert-OH is 2. The highest BCUT2D eigenvalue weighted by Crippen LogP contribution is 2.21. The van der Waals surface area contributed by atoms with Crippen LogP contribution in [0.3, 0.4) is 0 Å². The van der Waals surface area contributed by atoms with Gasteiger partial charge in [0.15, 0.2) is 12.2 Å². The van der Waals surface area contributed by atoms with Crippen LogP contribution in [0.2, 0.25) is 0 Å². The van der Waals surface area contributed by atoms with E-state index in [0.29, 0.717) is 0 Å². The Labute approximate surface area is 260 Å². The first-order chi connectivity index (χ1) is 20.4. The van der Waals surface area contributed by atoms with Gasteiger partial charge in [0.25, 0.3) is 0 Å². The summed E-state index contributed by atoms with van der Waals surface area (Å²) in [7, 11) is 0. The molecule has 0 heterocycles. The van der Waals surface area contributed by atoms with Gasteiger partial charge in [0, 0.05) is 0 Å². The van der Waals surface area contributed by atoms with Crippen LogP contribution in [-0.4, -0.2) is 47.6 Å². The normalized spacial score (nSPS) is 14.3. The summed E-state index contributed by atoms with van der Waals surface area (Å²) in [6, 6.07) is 0. The zero-order chi connectivity index (χ0) is 31.3. The van der Waals surface area contributed by atoms with Crippen molar-refractivity contribution in [1.82, 2.24) is 0 Å². The quantitative estimate of drug-likeness (QED) is 0.0610. The highest BCUT2D eigenvalue weighted by Gasteiger charge is 2.33. The first-order valence-electron chi connectivity index (χ1n) is 18.1. The second kappa shape index (κ2) is 29.9. The molecule has 0 aromatic carbocycles. The van der Waals surface area contributed by atoms with Crippen molar-refractivity contribution in [3.8, 4) is 0 Å². The molecule has 42 heavy (non-hydrogen) atoms. The zero-order valence-corrected chi connectivity index (χ0v) is 28.2. The summed E-state index contributed by atoms with van der Waals surface area (Å²) in [5, 5.41) is 20.8. The van der Waals surface area contributed by atoms with Gasteiger partial charge in [0.1, 0.15) is 0 Å². The average molecular weight is 599 g/mol. The van der Waals surface area contributed by atoms with Crippen molar-refractivity contribution in [3.63, 3.8) is 0 Å². The van der Waals surface area contributed by atoms with Crippen LogP contribution < -0.4 is 0 Å². The molecule has 0 amide bonds. The standard InChI is InChI=1S/C36H70O6/c1-5-9-13-17-19-23-27-31(25-21-15-11-7-3)29-41-35(39)33(37)34(38)36(40)42-30-32(26-22-16-12-8-4)28-24-20-18-14-10-6-2/h31-34,37-38H,5-30H2,1-4H3. The van der Waals surface area contributed by atoms with Crippen LogP contribution in [-0.2, 0) is 19.1 Å². The number of carbonyl (C=O) groups excluding carboxylic acids is 2. The van der Waals surface area contributed by atoms with Gasteiger partial charge in [-0.1, -0.05) is 156 Å². The van der Waals surface area contributed by atoms with E-state index in [4.69, 9.17) is 9.47 Å². The Kier molecular flexibility index (Phi) is 29.1. The molecule has 250 valence electrons. The van der Waals surface area contributed by atoms with Crippen LogP contribution in [0.15, 0.2) is 0 Å². The van der Waals surface area contributed by atoms with E-state index in [-0.39, 0.29) is 25.0 Å². The molecular weight excluding hydrogens is 528 g/mol. The lowest BCUT2D eigenvalue weighted by molar-refractivity contribution is -0.174. The Balaban J connectivity index is 4.70. The number of unbranched alkanes of at least 4 members (excludes halogenated alkanes) is 16. The molecule has 0 spiro atoms. The maximum absolute atomic E-state index is 12.6. The Bertz CT molecular complexity index is 558. The molecule has 6 nitrogen and oxygen atoms in total. The molecule has 4 atom stereocenters. The van der Waals surface area contributed by atoms with E-state index in [0.717, 1.165) is 51.4 Å². The van der Waals surface area contributed by atoms with Crippen LogP contribution in [0, 0.1) is 11.8 Å². The SMILES string of the molecule is CCCCCCCCC(CCCCCC)COC(=O)C(O)C(O)C(=O)OCC(CCCCCC)CCCCCCCC. The Morgan fingerprint density at radius 3 is 0.952 bits per heavy atom. The lowest BCUT2D eigenvalue weighted by Crippen LogP contribution is -2.42. The second-order valence-electron chi connectivity index (χ2n) is 12.7. The molecule has 0 bridgehead atoms. The Hall–Kier alpha value is -1.14. The van der Waals surface area contributed by atoms with Crippen LogP contribution in [0.4, 0.5) is 0 Å². The third kappa shape index (κ3) is 23.3. The first-order valence-corrected chi connectivity index (χ1v) is 18.1. The van der Waals surface area contributed by atoms with Crippen molar-refractivity contribution in [3.05, 3.63) is 0 Å². The Morgan fingerprint density at radius 1 is 0.429 bits per heavy atom. The van der Waals surface area contributed by atoms with Crippen molar-refractivity contribution in [2.24, 2.45) is 11.8 Å². The van der Waals surface area contributed by atoms with Gasteiger partial charge in [0.2, 0.25) is 0 Å². The van der Waals surface area contributed by atoms with Crippen molar-refractivity contribution >= 4 is 11.9 Å². The van der Waals surface area contributed by atoms with Crippen LogP contribution in [0.25, 0.3) is 0 Å². The van der Waals surface area contributed by atoms with Gasteiger partial charge in [-0.25, -0.2) is 9.59 Å². The number of ether oxygens (including phenoxy) is 2. The average Bonchev–Trinajstić information content (AvgIpc) is 3.00. The summed E-state index contributed by atoms with van der Waals surface area (Å²) in [6.07, 6.45) is 24.0. The van der Waals surface area contributed by atoms with Crippen LogP contribution in [0.1, 0.15) is 182 Å². The number of hydrogen-bond donors (Lipinski definition) is 2. The van der Waals surface area contributed by atoms with E-state index in [1.165, 1.54) is 103 Å². The van der Waals surface area contributed by atoms with E-state index in [2.05, 4.69) is 27.7 Å². The van der Waals surface area contributed by atoms with Gasteiger partial charge in [0.05, 0.1) is 13.2 Å². The summed E-state index contributed by atoms with van der Waals surface area (Å²) < 4.78 is 10.9. The molecule has 0 saturated heterocycles. The van der Waals surface area contributed by atoms with Gasteiger partial charge in [-0.2, -0.15) is 0 Å². The molecule has 6 heteroatoms. The molecule has 0 fully saturated rings. The molecule has 0 aromatic rings. The summed E-state index contributed by atoms with van der Waals surface area (Å²) in [5.74, 6) is -1.40. The van der Waals surface area contributed by atoms with Gasteiger partial charge in [-0.15, -0.1) is 0 Å². The largest absolute Gasteiger partial charge is 0.463 e. The molecule has 0 aliphatic carbocycles. The minimum Gasteiger partial charge on any atom is -0.463 e. The van der Waals surface area contributed by atoms with Gasteiger partial charge < -0.3 is 19.7 Å². The number of aliphatic hydroxyl groups is 2. The summed E-state index contributed by atoms with van der Waals surface area (Å²) in [5.41, 5.74) is 0. The fourth-order valence-corrected chi connectivity index (χ4v) is 5.60. The van der Waals surface area contributed by atoms with Crippen LogP contribution in [0.5, 0.6) is 0 Å². The van der Waals surface area contributed by atoms with Gasteiger partial charge >= 0.3 is 11.9 Å². The summed E-state index contributed by atoms with van der Waals surface area (Å²) >= 11 is 0. The number of hydrogen-bond acceptors (Lipinski definition) is 6. The molecule has 0 saturated carbocycles. The fourth-order valence-electron chi connectivity index (χ4n) is 5.60. The fraction of sp³-hybridized carbons (Fsp3) is 0.944. The zero-order valence-electron chi connectivity index (χ0n) is 28.2. The lowest BCUT2D eigenvalue weighted by atomic mass is 9.95. The highest BCUT2D eigenvalue weighted by molar-refractivity contribution is 5.85. The van der Waals surface area contributed by atoms with E-state index in [9.17, 15) is 19.8 Å². The Morgan fingerprint density at radius 2 is 0.667 bits per heavy atom. The summed E-state index contributed by atoms with van der Waals surface area (Å²) in [6.45, 7) is 9.26. The molecule has 0 aliphatic heterocycles. The van der Waals surface area contributed by atoms with E-state index in [1.807, 2.05) is 0 Å². The minimum absolute atomic E-state index is 0.219. The maximum Gasteiger partial charge on any atom is 0.338 e. The minimum atomic E-state index is -1.92. The monoisotopic (exact) mass is 599 g/mol. The smallest absolute Gasteiger partial charge is 0.338 e. The summed E-state index contributed by atoms with van der Waals surface area (Å²) in [4.78, 5) is 25.1. The van der Waals surface area contributed by atoms with E-state index < -0.39 is 24.1 Å². The highest BCUT2D eigenvalue weighted by atomic mass is 16.6. The van der Waals surface area contributed by atoms with Crippen molar-refractivity contribution in [1.29, 1.82) is 0 Å². The van der Waals surface area contributed by atoms with E-state index >= 15 is 0 Å². The maximum atomic E-state index is 12.6. The first kappa shape index (κ1) is 40.9. The lowest BCUT2D eigenvalue weighted by Gasteiger charge is -2.21. The van der Waals surface area contributed by atoms with Crippen molar-refractivity contribution in [2.45, 2.75) is 194 Å². The number of esters is 2. The van der Waals surface area contributed by atoms with Crippen molar-refractivity contribution in [2.75, 3.05) is 13.2 Å². The van der Waals surface area contributed by atoms with Gasteiger partial charge in [-0.05, 0) is 37.5 Å². The van der Waals surface area contributed by atoms with E-state index in [1.54, 1.807) is 0 Å². The number of rotatable bonds is 31. The second-order valence-corrected chi connectivity index (χ2v) is 12.7. The predicted molar refractivity (Wildman–Crippen MR) is 174 cm³/mol. The van der Waals surface area contributed by atoms with Crippen LogP contribution >= 0.6 is 0 Å². The third-order valence-electron chi connectivity index (χ3n) is 8.57.